The molecule has 1 aliphatic rings. The van der Waals surface area contributed by atoms with Crippen LogP contribution in [0.25, 0.3) is 0 Å². The Kier molecular flexibility index (Phi) is 2.69. The van der Waals surface area contributed by atoms with Crippen LogP contribution in [0.5, 0.6) is 0 Å². The first kappa shape index (κ1) is 7.55. The van der Waals surface area contributed by atoms with Gasteiger partial charge in [-0.25, -0.2) is 0 Å². The van der Waals surface area contributed by atoms with E-state index in [1.807, 2.05) is 19.9 Å². The molecule has 1 saturated heterocycles. The standard InChI is InChI=1S/C9H13O/c1-3-5-9-7-10-6-8(9)4-2/h3-5H,6-7H2,1-2H3/b5-3+,8-4+. The first-order chi connectivity index (χ1) is 4.88. The molecule has 0 spiro atoms. The average Bonchev–Trinajstić information content (AvgIpc) is 2.36. The maximum absolute atomic E-state index is 5.26. The molecule has 1 rings (SSSR count). The fourth-order valence-corrected chi connectivity index (χ4v) is 1.08. The second kappa shape index (κ2) is 3.57. The molecule has 0 N–H and O–H groups in total. The van der Waals surface area contributed by atoms with Gasteiger partial charge in [-0.2, -0.15) is 0 Å². The summed E-state index contributed by atoms with van der Waals surface area (Å²) in [5.74, 6) is 1.32. The van der Waals surface area contributed by atoms with E-state index in [0.29, 0.717) is 0 Å². The van der Waals surface area contributed by atoms with Gasteiger partial charge in [0.05, 0.1) is 13.2 Å². The van der Waals surface area contributed by atoms with Crippen LogP contribution < -0.4 is 0 Å². The number of hydrogen-bond donors (Lipinski definition) is 0. The molecule has 0 aromatic heterocycles. The highest BCUT2D eigenvalue weighted by molar-refractivity contribution is 5.35. The van der Waals surface area contributed by atoms with E-state index in [-0.39, 0.29) is 0 Å². The minimum atomic E-state index is 0.782. The Hall–Kier alpha value is -0.560. The predicted octanol–water partition coefficient (Wildman–Crippen LogP) is 2.11. The number of ether oxygens (including phenoxy) is 1. The summed E-state index contributed by atoms with van der Waals surface area (Å²) in [6.45, 7) is 5.65. The van der Waals surface area contributed by atoms with E-state index in [9.17, 15) is 0 Å². The molecule has 0 amide bonds. The Morgan fingerprint density at radius 3 is 2.70 bits per heavy atom. The quantitative estimate of drug-likeness (QED) is 0.538. The number of allylic oxidation sites excluding steroid dienone is 2. The van der Waals surface area contributed by atoms with E-state index >= 15 is 0 Å². The molecule has 0 aliphatic carbocycles. The van der Waals surface area contributed by atoms with E-state index < -0.39 is 0 Å². The Morgan fingerprint density at radius 1 is 1.30 bits per heavy atom. The zero-order valence-corrected chi connectivity index (χ0v) is 6.55. The van der Waals surface area contributed by atoms with Crippen molar-refractivity contribution in [1.82, 2.24) is 0 Å². The van der Waals surface area contributed by atoms with Crippen LogP contribution in [0.2, 0.25) is 0 Å². The highest BCUT2D eigenvalue weighted by atomic mass is 16.5. The van der Waals surface area contributed by atoms with Crippen LogP contribution in [0.4, 0.5) is 0 Å². The molecule has 0 aromatic carbocycles. The van der Waals surface area contributed by atoms with Gasteiger partial charge in [-0.1, -0.05) is 18.2 Å². The lowest BCUT2D eigenvalue weighted by Gasteiger charge is -1.99. The van der Waals surface area contributed by atoms with Crippen molar-refractivity contribution in [3.05, 3.63) is 29.7 Å². The van der Waals surface area contributed by atoms with Crippen molar-refractivity contribution >= 4 is 0 Å². The predicted molar refractivity (Wildman–Crippen MR) is 42.6 cm³/mol. The van der Waals surface area contributed by atoms with Gasteiger partial charge in [0.25, 0.3) is 0 Å². The molecule has 0 unspecified atom stereocenters. The van der Waals surface area contributed by atoms with Gasteiger partial charge >= 0.3 is 0 Å². The van der Waals surface area contributed by atoms with Crippen LogP contribution in [-0.2, 0) is 4.74 Å². The lowest BCUT2D eigenvalue weighted by Crippen LogP contribution is -1.93. The third kappa shape index (κ3) is 1.48. The van der Waals surface area contributed by atoms with Crippen LogP contribution in [0.1, 0.15) is 13.8 Å². The fourth-order valence-electron chi connectivity index (χ4n) is 1.08. The van der Waals surface area contributed by atoms with E-state index in [1.165, 1.54) is 11.5 Å². The third-order valence-corrected chi connectivity index (χ3v) is 1.64. The summed E-state index contributed by atoms with van der Waals surface area (Å²) < 4.78 is 5.26. The Labute approximate surface area is 62.4 Å². The fraction of sp³-hybridized carbons (Fsp3) is 0.444. The van der Waals surface area contributed by atoms with Crippen LogP contribution in [0, 0.1) is 5.92 Å². The van der Waals surface area contributed by atoms with Gasteiger partial charge in [0.1, 0.15) is 0 Å². The minimum Gasteiger partial charge on any atom is -0.376 e. The molecule has 0 aromatic rings. The SMILES string of the molecule is C/C=C1\COC[C]1/C=C/C. The van der Waals surface area contributed by atoms with Gasteiger partial charge in [-0.3, -0.25) is 0 Å². The number of rotatable bonds is 1. The molecule has 0 saturated carbocycles. The molecule has 1 fully saturated rings. The van der Waals surface area contributed by atoms with E-state index in [4.69, 9.17) is 4.74 Å². The molecule has 10 heavy (non-hydrogen) atoms. The lowest BCUT2D eigenvalue weighted by atomic mass is 10.0. The largest absolute Gasteiger partial charge is 0.376 e. The van der Waals surface area contributed by atoms with Crippen molar-refractivity contribution in [3.63, 3.8) is 0 Å². The summed E-state index contributed by atoms with van der Waals surface area (Å²) >= 11 is 0. The Balaban J connectivity index is 2.59. The minimum absolute atomic E-state index is 0.782. The molecule has 1 heterocycles. The summed E-state index contributed by atoms with van der Waals surface area (Å²) in [5.41, 5.74) is 1.33. The summed E-state index contributed by atoms with van der Waals surface area (Å²) in [4.78, 5) is 0. The second-order valence-electron chi connectivity index (χ2n) is 2.33. The maximum atomic E-state index is 5.26. The molecule has 1 aliphatic heterocycles. The van der Waals surface area contributed by atoms with Gasteiger partial charge in [-0.15, -0.1) is 0 Å². The van der Waals surface area contributed by atoms with Crippen molar-refractivity contribution in [2.24, 2.45) is 0 Å². The van der Waals surface area contributed by atoms with Crippen LogP contribution in [0.15, 0.2) is 23.8 Å². The van der Waals surface area contributed by atoms with Crippen LogP contribution >= 0.6 is 0 Å². The molecule has 0 bridgehead atoms. The second-order valence-corrected chi connectivity index (χ2v) is 2.33. The van der Waals surface area contributed by atoms with Crippen molar-refractivity contribution < 1.29 is 4.74 Å². The first-order valence-electron chi connectivity index (χ1n) is 3.60. The van der Waals surface area contributed by atoms with Crippen molar-refractivity contribution in [2.45, 2.75) is 13.8 Å². The van der Waals surface area contributed by atoms with Gasteiger partial charge in [0.2, 0.25) is 0 Å². The molecule has 0 atom stereocenters. The van der Waals surface area contributed by atoms with E-state index in [0.717, 1.165) is 13.2 Å². The number of hydrogen-bond acceptors (Lipinski definition) is 1. The topological polar surface area (TPSA) is 9.23 Å². The molecular weight excluding hydrogens is 124 g/mol. The molecular formula is C9H13O. The van der Waals surface area contributed by atoms with E-state index in [1.54, 1.807) is 0 Å². The summed E-state index contributed by atoms with van der Waals surface area (Å²) in [5, 5.41) is 0. The van der Waals surface area contributed by atoms with Crippen molar-refractivity contribution in [2.75, 3.05) is 13.2 Å². The van der Waals surface area contributed by atoms with Crippen molar-refractivity contribution in [3.8, 4) is 0 Å². The van der Waals surface area contributed by atoms with Gasteiger partial charge in [0, 0.05) is 5.92 Å². The molecule has 1 radical (unpaired) electrons. The normalized spacial score (nSPS) is 25.2. The monoisotopic (exact) mass is 137 g/mol. The summed E-state index contributed by atoms with van der Waals surface area (Å²) in [6.07, 6.45) is 6.28. The lowest BCUT2D eigenvalue weighted by molar-refractivity contribution is 0.211. The highest BCUT2D eigenvalue weighted by Crippen LogP contribution is 2.22. The van der Waals surface area contributed by atoms with Crippen LogP contribution in [0.3, 0.4) is 0 Å². The van der Waals surface area contributed by atoms with Crippen molar-refractivity contribution in [1.29, 1.82) is 0 Å². The smallest absolute Gasteiger partial charge is 0.0687 e. The van der Waals surface area contributed by atoms with Gasteiger partial charge < -0.3 is 4.74 Å². The zero-order chi connectivity index (χ0) is 7.40. The average molecular weight is 137 g/mol. The molecule has 55 valence electrons. The third-order valence-electron chi connectivity index (χ3n) is 1.64. The van der Waals surface area contributed by atoms with E-state index in [2.05, 4.69) is 12.2 Å². The van der Waals surface area contributed by atoms with Gasteiger partial charge in [-0.05, 0) is 19.4 Å². The molecule has 1 nitrogen and oxygen atoms in total. The zero-order valence-electron chi connectivity index (χ0n) is 6.55. The van der Waals surface area contributed by atoms with Crippen LogP contribution in [-0.4, -0.2) is 13.2 Å². The maximum Gasteiger partial charge on any atom is 0.0687 e. The van der Waals surface area contributed by atoms with Gasteiger partial charge in [0.15, 0.2) is 0 Å². The first-order valence-corrected chi connectivity index (χ1v) is 3.60. The Bertz CT molecular complexity index is 156. The molecule has 1 heteroatoms. The summed E-state index contributed by atoms with van der Waals surface area (Å²) in [7, 11) is 0. The Morgan fingerprint density at radius 2 is 2.10 bits per heavy atom. The summed E-state index contributed by atoms with van der Waals surface area (Å²) in [6, 6.07) is 0. The highest BCUT2D eigenvalue weighted by Gasteiger charge is 2.17.